The Morgan fingerprint density at radius 3 is 0.868 bits per heavy atom. The largest absolute Gasteiger partial charge is 0.462 e. The van der Waals surface area contributed by atoms with Gasteiger partial charge in [0.1, 0.15) is 13.2 Å². The summed E-state index contributed by atoms with van der Waals surface area (Å²) >= 11 is 0. The summed E-state index contributed by atoms with van der Waals surface area (Å²) in [5.74, 6) is -0.879. The molecule has 0 amide bonds. The molecule has 1 atom stereocenters. The maximum atomic E-state index is 12.7. The number of rotatable bonds is 55. The number of carbonyl (C=O) groups excluding carboxylic acids is 3. The molecule has 0 aliphatic heterocycles. The molecule has 0 N–H and O–H groups in total. The Bertz CT molecular complexity index is 1140. The van der Waals surface area contributed by atoms with Crippen LogP contribution in [0.2, 0.25) is 0 Å². The molecule has 0 aliphatic rings. The summed E-state index contributed by atoms with van der Waals surface area (Å²) in [5.41, 5.74) is 0. The number of carbonyl (C=O) groups is 3. The topological polar surface area (TPSA) is 78.9 Å². The van der Waals surface area contributed by atoms with Gasteiger partial charge in [-0.3, -0.25) is 14.4 Å². The van der Waals surface area contributed by atoms with E-state index in [2.05, 4.69) is 57.2 Å². The molecule has 0 saturated carbocycles. The molecule has 0 aromatic heterocycles. The first-order valence-electron chi connectivity index (χ1n) is 30.0. The molecule has 1 unspecified atom stereocenters. The highest BCUT2D eigenvalue weighted by molar-refractivity contribution is 5.71. The van der Waals surface area contributed by atoms with Crippen molar-refractivity contribution in [3.05, 3.63) is 36.5 Å². The molecule has 0 aromatic carbocycles. The maximum Gasteiger partial charge on any atom is 0.306 e. The predicted molar refractivity (Wildman–Crippen MR) is 293 cm³/mol. The fraction of sp³-hybridized carbons (Fsp3) is 0.855. The molecule has 0 saturated heterocycles. The normalized spacial score (nSPS) is 12.2. The van der Waals surface area contributed by atoms with E-state index in [4.69, 9.17) is 14.2 Å². The zero-order chi connectivity index (χ0) is 49.3. The highest BCUT2D eigenvalue weighted by Gasteiger charge is 2.19. The maximum absolute atomic E-state index is 12.7. The molecule has 0 spiro atoms. The Morgan fingerprint density at radius 1 is 0.294 bits per heavy atom. The molecule has 68 heavy (non-hydrogen) atoms. The van der Waals surface area contributed by atoms with Crippen molar-refractivity contribution in [2.75, 3.05) is 13.2 Å². The minimum absolute atomic E-state index is 0.0716. The minimum atomic E-state index is -0.768. The van der Waals surface area contributed by atoms with E-state index in [0.717, 1.165) is 70.6 Å². The van der Waals surface area contributed by atoms with Crippen molar-refractivity contribution >= 4 is 17.9 Å². The molecular weight excluding hydrogens is 841 g/mol. The van der Waals surface area contributed by atoms with Gasteiger partial charge in [0, 0.05) is 19.3 Å². The van der Waals surface area contributed by atoms with Crippen molar-refractivity contribution in [3.63, 3.8) is 0 Å². The molecule has 6 heteroatoms. The predicted octanol–water partition coefficient (Wildman–Crippen LogP) is 20.0. The molecule has 398 valence electrons. The van der Waals surface area contributed by atoms with Crippen molar-refractivity contribution in [1.29, 1.82) is 0 Å². The summed E-state index contributed by atoms with van der Waals surface area (Å²) in [6.45, 7) is 6.55. The zero-order valence-corrected chi connectivity index (χ0v) is 45.6. The fourth-order valence-electron chi connectivity index (χ4n) is 8.81. The monoisotopic (exact) mass is 955 g/mol. The highest BCUT2D eigenvalue weighted by Crippen LogP contribution is 2.17. The van der Waals surface area contributed by atoms with E-state index >= 15 is 0 Å². The third-order valence-corrected chi connectivity index (χ3v) is 13.4. The van der Waals surface area contributed by atoms with Crippen LogP contribution < -0.4 is 0 Å². The molecule has 0 heterocycles. The SMILES string of the molecule is CCCC/C=C\CCCCCCCC(=O)OC(COC(=O)CCCCCCCC)COC(=O)CCCCCCCCCCCCCCCCCCCCCCC/C=C\C/C=C\CCCCCCC. The van der Waals surface area contributed by atoms with Crippen LogP contribution in [0, 0.1) is 0 Å². The quantitative estimate of drug-likeness (QED) is 0.0262. The van der Waals surface area contributed by atoms with Crippen LogP contribution in [-0.4, -0.2) is 37.2 Å². The van der Waals surface area contributed by atoms with Crippen LogP contribution in [0.1, 0.15) is 323 Å². The van der Waals surface area contributed by atoms with Crippen LogP contribution >= 0.6 is 0 Å². The van der Waals surface area contributed by atoms with E-state index in [0.29, 0.717) is 19.3 Å². The molecule has 0 rings (SSSR count). The summed E-state index contributed by atoms with van der Waals surface area (Å²) in [7, 11) is 0. The van der Waals surface area contributed by atoms with Gasteiger partial charge in [0.15, 0.2) is 6.10 Å². The van der Waals surface area contributed by atoms with Gasteiger partial charge in [0.05, 0.1) is 0 Å². The summed E-state index contributed by atoms with van der Waals surface area (Å²) in [6.07, 6.45) is 69.2. The van der Waals surface area contributed by atoms with Gasteiger partial charge in [0.2, 0.25) is 0 Å². The lowest BCUT2D eigenvalue weighted by atomic mass is 10.0. The van der Waals surface area contributed by atoms with E-state index in [1.807, 2.05) is 0 Å². The van der Waals surface area contributed by atoms with Crippen LogP contribution in [0.15, 0.2) is 36.5 Å². The van der Waals surface area contributed by atoms with Gasteiger partial charge in [-0.05, 0) is 70.6 Å². The van der Waals surface area contributed by atoms with E-state index in [1.54, 1.807) is 0 Å². The second kappa shape index (κ2) is 57.2. The van der Waals surface area contributed by atoms with E-state index in [-0.39, 0.29) is 31.1 Å². The van der Waals surface area contributed by atoms with Crippen molar-refractivity contribution in [2.24, 2.45) is 0 Å². The second-order valence-corrected chi connectivity index (χ2v) is 20.3. The third-order valence-electron chi connectivity index (χ3n) is 13.4. The van der Waals surface area contributed by atoms with Crippen LogP contribution in [0.4, 0.5) is 0 Å². The molecule has 0 fully saturated rings. The van der Waals surface area contributed by atoms with Crippen molar-refractivity contribution in [1.82, 2.24) is 0 Å². The first-order valence-corrected chi connectivity index (χ1v) is 30.0. The van der Waals surface area contributed by atoms with Crippen molar-refractivity contribution in [3.8, 4) is 0 Å². The summed E-state index contributed by atoms with van der Waals surface area (Å²) in [5, 5.41) is 0. The Balaban J connectivity index is 3.87. The Kier molecular flexibility index (Phi) is 55.2. The van der Waals surface area contributed by atoms with Gasteiger partial charge in [-0.25, -0.2) is 0 Å². The number of hydrogen-bond acceptors (Lipinski definition) is 6. The van der Waals surface area contributed by atoms with Gasteiger partial charge in [0.25, 0.3) is 0 Å². The van der Waals surface area contributed by atoms with Gasteiger partial charge in [-0.2, -0.15) is 0 Å². The van der Waals surface area contributed by atoms with Gasteiger partial charge >= 0.3 is 17.9 Å². The van der Waals surface area contributed by atoms with Crippen molar-refractivity contribution < 1.29 is 28.6 Å². The van der Waals surface area contributed by atoms with E-state index in [9.17, 15) is 14.4 Å². The molecule has 6 nitrogen and oxygen atoms in total. The number of allylic oxidation sites excluding steroid dienone is 6. The Morgan fingerprint density at radius 2 is 0.544 bits per heavy atom. The smallest absolute Gasteiger partial charge is 0.306 e. The molecule has 0 bridgehead atoms. The number of esters is 3. The molecule has 0 aliphatic carbocycles. The van der Waals surface area contributed by atoms with Crippen LogP contribution in [0.3, 0.4) is 0 Å². The summed E-state index contributed by atoms with van der Waals surface area (Å²) in [6, 6.07) is 0. The molecular formula is C62H114O6. The van der Waals surface area contributed by atoms with Crippen LogP contribution in [-0.2, 0) is 28.6 Å². The minimum Gasteiger partial charge on any atom is -0.462 e. The number of unbranched alkanes of at least 4 members (excludes halogenated alkanes) is 38. The second-order valence-electron chi connectivity index (χ2n) is 20.3. The molecule has 0 aromatic rings. The van der Waals surface area contributed by atoms with Gasteiger partial charge in [-0.15, -0.1) is 0 Å². The van der Waals surface area contributed by atoms with Crippen LogP contribution in [0.25, 0.3) is 0 Å². The first kappa shape index (κ1) is 65.6. The fourth-order valence-corrected chi connectivity index (χ4v) is 8.81. The van der Waals surface area contributed by atoms with Crippen molar-refractivity contribution in [2.45, 2.75) is 329 Å². The first-order chi connectivity index (χ1) is 33.5. The number of hydrogen-bond donors (Lipinski definition) is 0. The zero-order valence-electron chi connectivity index (χ0n) is 45.6. The van der Waals surface area contributed by atoms with Gasteiger partial charge in [-0.1, -0.05) is 269 Å². The average molecular weight is 956 g/mol. The lowest BCUT2D eigenvalue weighted by molar-refractivity contribution is -0.167. The Hall–Kier alpha value is -2.37. The number of ether oxygens (including phenoxy) is 3. The standard InChI is InChI=1S/C62H114O6/c1-4-7-10-13-16-18-20-21-22-23-24-25-26-27-28-29-30-31-32-33-34-35-36-37-38-39-40-41-43-44-46-49-52-55-61(64)67-58-59(57-66-60(63)54-51-48-15-12-9-6-3)68-62(65)56-53-50-47-45-42-19-17-14-11-8-5-2/h14,17,20-21,23-24,59H,4-13,15-16,18-19,22,25-58H2,1-3H3/b17-14-,21-20-,24-23-. The summed E-state index contributed by atoms with van der Waals surface area (Å²) < 4.78 is 16.7. The van der Waals surface area contributed by atoms with Crippen LogP contribution in [0.5, 0.6) is 0 Å². The van der Waals surface area contributed by atoms with Gasteiger partial charge < -0.3 is 14.2 Å². The third kappa shape index (κ3) is 54.6. The highest BCUT2D eigenvalue weighted by atomic mass is 16.6. The summed E-state index contributed by atoms with van der Waals surface area (Å²) in [4.78, 5) is 37.7. The van der Waals surface area contributed by atoms with E-state index in [1.165, 1.54) is 212 Å². The Labute approximate surface area is 423 Å². The molecule has 0 radical (unpaired) electrons. The average Bonchev–Trinajstić information content (AvgIpc) is 3.34. The van der Waals surface area contributed by atoms with E-state index < -0.39 is 6.10 Å². The lowest BCUT2D eigenvalue weighted by Crippen LogP contribution is -2.30. The lowest BCUT2D eigenvalue weighted by Gasteiger charge is -2.18.